The van der Waals surface area contributed by atoms with Crippen molar-refractivity contribution in [3.8, 4) is 23.7 Å². The number of hydrogen-bond acceptors (Lipinski definition) is 6. The molecule has 0 unspecified atom stereocenters. The van der Waals surface area contributed by atoms with Crippen LogP contribution in [0.1, 0.15) is 48.5 Å². The molecular formula is C52H37NO8S2. The Morgan fingerprint density at radius 3 is 1.44 bits per heavy atom. The van der Waals surface area contributed by atoms with Gasteiger partial charge in [-0.05, 0) is 118 Å². The minimum atomic E-state index is -3.80. The number of fused-ring (bicyclic) bond motifs is 2. The Hall–Kier alpha value is -7.96. The maximum atomic E-state index is 13.3. The van der Waals surface area contributed by atoms with Crippen molar-refractivity contribution in [3.05, 3.63) is 221 Å². The molecule has 0 aliphatic carbocycles. The molecule has 310 valence electrons. The van der Waals surface area contributed by atoms with Crippen LogP contribution < -0.4 is 4.31 Å². The van der Waals surface area contributed by atoms with Crippen molar-refractivity contribution < 1.29 is 36.6 Å². The molecule has 0 bridgehead atoms. The molecule has 9 nitrogen and oxygen atoms in total. The Morgan fingerprint density at radius 1 is 0.476 bits per heavy atom. The summed E-state index contributed by atoms with van der Waals surface area (Å²) in [7, 11) is -5.86. The summed E-state index contributed by atoms with van der Waals surface area (Å²) in [6.07, 6.45) is 0. The Balaban J connectivity index is 0.000000189. The summed E-state index contributed by atoms with van der Waals surface area (Å²) in [5.41, 5.74) is 3.88. The Labute approximate surface area is 365 Å². The van der Waals surface area contributed by atoms with Crippen LogP contribution in [0.2, 0.25) is 0 Å². The summed E-state index contributed by atoms with van der Waals surface area (Å²) in [6.45, 7) is 0. The van der Waals surface area contributed by atoms with Crippen molar-refractivity contribution in [1.29, 1.82) is 0 Å². The van der Waals surface area contributed by atoms with Gasteiger partial charge in [-0.25, -0.2) is 26.4 Å². The van der Waals surface area contributed by atoms with Crippen molar-refractivity contribution in [3.63, 3.8) is 0 Å². The van der Waals surface area contributed by atoms with Gasteiger partial charge in [-0.3, -0.25) is 4.31 Å². The molecule has 0 heterocycles. The number of hydrogen-bond donors (Lipinski definition) is 2. The second-order valence-electron chi connectivity index (χ2n) is 14.2. The van der Waals surface area contributed by atoms with E-state index in [1.807, 2.05) is 60.7 Å². The third kappa shape index (κ3) is 10.3. The molecule has 2 N–H and O–H groups in total. The maximum Gasteiger partial charge on any atom is 0.335 e. The molecule has 0 amide bonds. The highest BCUT2D eigenvalue weighted by Crippen LogP contribution is 2.28. The number of sulfonamides is 1. The first kappa shape index (κ1) is 43.1. The van der Waals surface area contributed by atoms with E-state index in [1.165, 1.54) is 35.6 Å². The largest absolute Gasteiger partial charge is 0.478 e. The van der Waals surface area contributed by atoms with Crippen molar-refractivity contribution in [1.82, 2.24) is 0 Å². The third-order valence-corrected chi connectivity index (χ3v) is 13.4. The molecule has 0 aliphatic rings. The fraction of sp³-hybridized carbons (Fsp3) is 0.0385. The smallest absolute Gasteiger partial charge is 0.335 e. The summed E-state index contributed by atoms with van der Waals surface area (Å²) in [5.74, 6) is 9.82. The first-order valence-electron chi connectivity index (χ1n) is 19.4. The molecule has 0 fully saturated rings. The maximum absolute atomic E-state index is 13.3. The van der Waals surface area contributed by atoms with Crippen LogP contribution in [-0.4, -0.2) is 46.0 Å². The second kappa shape index (κ2) is 18.8. The van der Waals surface area contributed by atoms with E-state index in [-0.39, 0.29) is 26.7 Å². The fourth-order valence-corrected chi connectivity index (χ4v) is 9.22. The van der Waals surface area contributed by atoms with E-state index < -0.39 is 31.8 Å². The minimum Gasteiger partial charge on any atom is -0.478 e. The molecular weight excluding hydrogens is 831 g/mol. The summed E-state index contributed by atoms with van der Waals surface area (Å²) in [4.78, 5) is 22.4. The molecule has 0 saturated carbocycles. The van der Waals surface area contributed by atoms with Crippen LogP contribution in [0.4, 0.5) is 5.69 Å². The van der Waals surface area contributed by atoms with Crippen molar-refractivity contribution in [2.75, 3.05) is 11.4 Å². The van der Waals surface area contributed by atoms with Gasteiger partial charge < -0.3 is 10.2 Å². The normalized spacial score (nSPS) is 10.9. The molecule has 8 aromatic rings. The average Bonchev–Trinajstić information content (AvgIpc) is 3.30. The highest BCUT2D eigenvalue weighted by Gasteiger charge is 2.23. The Bertz CT molecular complexity index is 3380. The van der Waals surface area contributed by atoms with E-state index >= 15 is 0 Å². The SMILES string of the molecule is CN(c1ccccc1C#Cc1ccc(C(=O)O)cc1)S(=O)(=O)c1ccc2ccccc2c1.O=C(O)c1ccc(C#Cc2ccccc2CS(=O)(=O)c2ccc3ccccc3c2)cc1. The first-order chi connectivity index (χ1) is 30.3. The fourth-order valence-electron chi connectivity index (χ4n) is 6.56. The predicted octanol–water partition coefficient (Wildman–Crippen LogP) is 9.67. The number of aromatic carboxylic acids is 2. The topological polar surface area (TPSA) is 146 Å². The van der Waals surface area contributed by atoms with Crippen LogP contribution in [0.25, 0.3) is 21.5 Å². The molecule has 0 saturated heterocycles. The quantitative estimate of drug-likeness (QED) is 0.144. The molecule has 11 heteroatoms. The standard InChI is InChI=1S/C26H19NO4S.C26H18O4S/c1-27(32(30,31)24-17-16-20-6-2-3-8-23(20)18-24)25-9-5-4-7-21(25)13-10-19-11-14-22(15-12-19)26(28)29;27-26(28)22-13-10-19(11-14-22)9-12-21-6-2-4-8-24(21)18-31(29,30)25-16-15-20-5-1-3-7-23(20)17-25/h2-9,11-12,14-18H,1H3,(H,28,29);1-8,10-11,13-17H,18H2,(H,27,28). The Morgan fingerprint density at radius 2 is 0.905 bits per heavy atom. The number of benzene rings is 8. The lowest BCUT2D eigenvalue weighted by molar-refractivity contribution is 0.0686. The zero-order chi connectivity index (χ0) is 44.6. The van der Waals surface area contributed by atoms with Gasteiger partial charge in [0.2, 0.25) is 0 Å². The molecule has 63 heavy (non-hydrogen) atoms. The number of carboxylic acid groups (broad SMARTS) is 2. The molecule has 8 aromatic carbocycles. The van der Waals surface area contributed by atoms with Crippen molar-refractivity contribution in [2.45, 2.75) is 15.5 Å². The van der Waals surface area contributed by atoms with Crippen molar-refractivity contribution in [2.24, 2.45) is 0 Å². The molecule has 0 spiro atoms. The van der Waals surface area contributed by atoms with Crippen LogP contribution in [0.5, 0.6) is 0 Å². The van der Waals surface area contributed by atoms with Gasteiger partial charge in [-0.1, -0.05) is 115 Å². The number of anilines is 1. The lowest BCUT2D eigenvalue weighted by Crippen LogP contribution is -2.27. The molecule has 8 rings (SSSR count). The van der Waals surface area contributed by atoms with Gasteiger partial charge in [0.1, 0.15) is 0 Å². The summed E-state index contributed by atoms with van der Waals surface area (Å²) < 4.78 is 54.0. The number of sulfone groups is 1. The van der Waals surface area contributed by atoms with Crippen LogP contribution in [0.15, 0.2) is 192 Å². The molecule has 0 radical (unpaired) electrons. The third-order valence-electron chi connectivity index (χ3n) is 10.0. The zero-order valence-electron chi connectivity index (χ0n) is 33.6. The van der Waals surface area contributed by atoms with Gasteiger partial charge in [0.15, 0.2) is 9.84 Å². The zero-order valence-corrected chi connectivity index (χ0v) is 35.3. The molecule has 0 aromatic heterocycles. The predicted molar refractivity (Wildman–Crippen MR) is 246 cm³/mol. The summed E-state index contributed by atoms with van der Waals surface area (Å²) in [5, 5.41) is 21.7. The van der Waals surface area contributed by atoms with E-state index in [1.54, 1.807) is 97.1 Å². The Kier molecular flexibility index (Phi) is 12.8. The van der Waals surface area contributed by atoms with Crippen LogP contribution >= 0.6 is 0 Å². The number of carbonyl (C=O) groups is 2. The average molecular weight is 868 g/mol. The van der Waals surface area contributed by atoms with Crippen molar-refractivity contribution >= 4 is 59.0 Å². The highest BCUT2D eigenvalue weighted by atomic mass is 32.2. The summed E-state index contributed by atoms with van der Waals surface area (Å²) in [6, 6.07) is 52.0. The van der Waals surface area contributed by atoms with Gasteiger partial charge in [0, 0.05) is 29.3 Å². The first-order valence-corrected chi connectivity index (χ1v) is 22.4. The van der Waals surface area contributed by atoms with Gasteiger partial charge >= 0.3 is 11.9 Å². The van der Waals surface area contributed by atoms with E-state index in [4.69, 9.17) is 10.2 Å². The molecule has 0 atom stereocenters. The van der Waals surface area contributed by atoms with Gasteiger partial charge in [0.25, 0.3) is 10.0 Å². The van der Waals surface area contributed by atoms with E-state index in [0.29, 0.717) is 33.5 Å². The minimum absolute atomic E-state index is 0.159. The van der Waals surface area contributed by atoms with Crippen LogP contribution in [0.3, 0.4) is 0 Å². The van der Waals surface area contributed by atoms with Crippen LogP contribution in [0, 0.1) is 23.7 Å². The number of nitrogens with zero attached hydrogens (tertiary/aromatic N) is 1. The number of para-hydroxylation sites is 1. The van der Waals surface area contributed by atoms with E-state index in [9.17, 15) is 26.4 Å². The lowest BCUT2D eigenvalue weighted by Gasteiger charge is -2.21. The highest BCUT2D eigenvalue weighted by molar-refractivity contribution is 7.92. The lowest BCUT2D eigenvalue weighted by atomic mass is 10.1. The van der Waals surface area contributed by atoms with Gasteiger partial charge in [0.05, 0.1) is 32.4 Å². The van der Waals surface area contributed by atoms with Gasteiger partial charge in [-0.2, -0.15) is 0 Å². The number of carboxylic acids is 2. The number of rotatable bonds is 8. The van der Waals surface area contributed by atoms with E-state index in [0.717, 1.165) is 21.5 Å². The molecule has 0 aliphatic heterocycles. The summed E-state index contributed by atoms with van der Waals surface area (Å²) >= 11 is 0. The van der Waals surface area contributed by atoms with Gasteiger partial charge in [-0.15, -0.1) is 0 Å². The monoisotopic (exact) mass is 867 g/mol. The van der Waals surface area contributed by atoms with Crippen LogP contribution in [-0.2, 0) is 25.6 Å². The van der Waals surface area contributed by atoms with E-state index in [2.05, 4.69) is 23.7 Å². The second-order valence-corrected chi connectivity index (χ2v) is 18.1.